The number of nitrogens with zero attached hydrogens (tertiary/aromatic N) is 6. The molecule has 0 spiro atoms. The zero-order valence-electron chi connectivity index (χ0n) is 28.4. The van der Waals surface area contributed by atoms with Gasteiger partial charge in [0.05, 0.1) is 24.5 Å². The number of hydrogen-bond acceptors (Lipinski definition) is 8. The fourth-order valence-corrected chi connectivity index (χ4v) is 6.53. The highest BCUT2D eigenvalue weighted by molar-refractivity contribution is 6.31. The molecule has 2 aromatic heterocycles. The van der Waals surface area contributed by atoms with Crippen LogP contribution in [0.5, 0.6) is 0 Å². The molecule has 17 heteroatoms. The molecule has 4 heterocycles. The normalized spacial score (nSPS) is 14.9. The molecular formula is C35H37Cl2F3N6O6. The van der Waals surface area contributed by atoms with Crippen molar-refractivity contribution in [3.05, 3.63) is 104 Å². The lowest BCUT2D eigenvalue weighted by molar-refractivity contribution is -0.208. The highest BCUT2D eigenvalue weighted by Gasteiger charge is 2.41. The number of hydrogen-bond donors (Lipinski definition) is 1. The number of ether oxygens (including phenoxy) is 2. The number of halogens is 5. The summed E-state index contributed by atoms with van der Waals surface area (Å²) < 4.78 is 52.0. The van der Waals surface area contributed by atoms with Gasteiger partial charge in [0.1, 0.15) is 24.6 Å². The first kappa shape index (κ1) is 38.6. The maximum Gasteiger partial charge on any atom is 0.420 e. The van der Waals surface area contributed by atoms with Gasteiger partial charge in [-0.2, -0.15) is 23.4 Å². The molecule has 278 valence electrons. The molecule has 52 heavy (non-hydrogen) atoms. The van der Waals surface area contributed by atoms with E-state index in [0.29, 0.717) is 66.9 Å². The minimum atomic E-state index is -4.80. The molecular weight excluding hydrogens is 728 g/mol. The second-order valence-electron chi connectivity index (χ2n) is 12.6. The standard InChI is InChI=1S/C18H19ClF3N3O3.C17H18ClN3O3/c1-11-5-12(7-13(19)6-11)10-28-17(27)24-3-2-4-25-14(9-24)8-15(23-25)16(26)18(20,21)22;1-12-5-13(7-14(18)6-12)11-24-17(23)20-3-2-4-21-16(9-20)8-15(10-22)19-21/h5-8,16,26H,2-4,9-10H2,1H3;5-8,10H,2-4,9,11H2,1H3. The third-order valence-corrected chi connectivity index (χ3v) is 8.66. The Bertz CT molecular complexity index is 1880. The zero-order chi connectivity index (χ0) is 37.6. The highest BCUT2D eigenvalue weighted by Crippen LogP contribution is 2.32. The molecule has 2 aliphatic heterocycles. The average Bonchev–Trinajstić information content (AvgIpc) is 3.53. The van der Waals surface area contributed by atoms with Gasteiger partial charge in [0.25, 0.3) is 0 Å². The van der Waals surface area contributed by atoms with E-state index in [9.17, 15) is 32.7 Å². The van der Waals surface area contributed by atoms with Gasteiger partial charge in [0.15, 0.2) is 12.4 Å². The first-order chi connectivity index (χ1) is 24.7. The summed E-state index contributed by atoms with van der Waals surface area (Å²) in [7, 11) is 0. The number of fused-ring (bicyclic) bond motifs is 2. The summed E-state index contributed by atoms with van der Waals surface area (Å²) in [6.45, 7) is 6.46. The largest absolute Gasteiger partial charge is 0.445 e. The number of benzene rings is 2. The lowest BCUT2D eigenvalue weighted by Crippen LogP contribution is -2.31. The Kier molecular flexibility index (Phi) is 12.5. The Hall–Kier alpha value is -4.60. The van der Waals surface area contributed by atoms with Gasteiger partial charge in [0, 0.05) is 36.2 Å². The number of aryl methyl sites for hydroxylation is 4. The number of aliphatic hydroxyl groups excluding tert-OH is 1. The van der Waals surface area contributed by atoms with Crippen LogP contribution in [0, 0.1) is 13.8 Å². The maximum absolute atomic E-state index is 12.7. The molecule has 0 bridgehead atoms. The molecule has 0 saturated carbocycles. The second-order valence-corrected chi connectivity index (χ2v) is 13.4. The predicted molar refractivity (Wildman–Crippen MR) is 184 cm³/mol. The molecule has 4 aromatic rings. The number of alkyl halides is 3. The van der Waals surface area contributed by atoms with Crippen molar-refractivity contribution in [1.29, 1.82) is 0 Å². The molecule has 2 aliphatic rings. The van der Waals surface area contributed by atoms with Crippen LogP contribution >= 0.6 is 23.2 Å². The van der Waals surface area contributed by atoms with E-state index in [4.69, 9.17) is 32.7 Å². The maximum atomic E-state index is 12.7. The van der Waals surface area contributed by atoms with E-state index in [1.807, 2.05) is 32.0 Å². The van der Waals surface area contributed by atoms with Gasteiger partial charge in [-0.15, -0.1) is 0 Å². The van der Waals surface area contributed by atoms with Crippen molar-refractivity contribution in [1.82, 2.24) is 29.4 Å². The van der Waals surface area contributed by atoms with Crippen molar-refractivity contribution in [2.75, 3.05) is 13.1 Å². The van der Waals surface area contributed by atoms with E-state index in [1.165, 1.54) is 15.6 Å². The van der Waals surface area contributed by atoms with E-state index in [0.717, 1.165) is 34.4 Å². The molecule has 2 aromatic carbocycles. The number of aldehydes is 1. The predicted octanol–water partition coefficient (Wildman–Crippen LogP) is 7.18. The van der Waals surface area contributed by atoms with Crippen LogP contribution in [-0.2, 0) is 48.9 Å². The lowest BCUT2D eigenvalue weighted by atomic mass is 10.1. The minimum absolute atomic E-state index is 0.0357. The number of aliphatic hydroxyl groups is 1. The Labute approximate surface area is 307 Å². The van der Waals surface area contributed by atoms with Crippen LogP contribution in [-0.4, -0.2) is 72.2 Å². The monoisotopic (exact) mass is 764 g/mol. The summed E-state index contributed by atoms with van der Waals surface area (Å²) in [6, 6.07) is 13.8. The molecule has 12 nitrogen and oxygen atoms in total. The molecule has 1 atom stereocenters. The summed E-state index contributed by atoms with van der Waals surface area (Å²) in [5.74, 6) is 0. The van der Waals surface area contributed by atoms with Gasteiger partial charge in [-0.3, -0.25) is 14.2 Å². The van der Waals surface area contributed by atoms with Crippen LogP contribution in [0.3, 0.4) is 0 Å². The van der Waals surface area contributed by atoms with E-state index in [-0.39, 0.29) is 25.9 Å². The van der Waals surface area contributed by atoms with Crippen molar-refractivity contribution in [3.63, 3.8) is 0 Å². The van der Waals surface area contributed by atoms with Crippen molar-refractivity contribution in [2.45, 2.75) is 78.4 Å². The summed E-state index contributed by atoms with van der Waals surface area (Å²) in [6.07, 6.45) is -6.43. The quantitative estimate of drug-likeness (QED) is 0.204. The van der Waals surface area contributed by atoms with Gasteiger partial charge in [-0.25, -0.2) is 9.59 Å². The van der Waals surface area contributed by atoms with Crippen LogP contribution < -0.4 is 0 Å². The highest BCUT2D eigenvalue weighted by atomic mass is 35.5. The van der Waals surface area contributed by atoms with Gasteiger partial charge in [-0.1, -0.05) is 35.3 Å². The van der Waals surface area contributed by atoms with Crippen molar-refractivity contribution >= 4 is 41.7 Å². The Morgan fingerprint density at radius 3 is 1.73 bits per heavy atom. The fourth-order valence-electron chi connectivity index (χ4n) is 5.90. The number of carbonyl (C=O) groups excluding carboxylic acids is 3. The zero-order valence-corrected chi connectivity index (χ0v) is 29.9. The van der Waals surface area contributed by atoms with Crippen LogP contribution in [0.4, 0.5) is 22.8 Å². The number of amides is 2. The van der Waals surface area contributed by atoms with Crippen LogP contribution in [0.2, 0.25) is 10.0 Å². The third-order valence-electron chi connectivity index (χ3n) is 8.22. The van der Waals surface area contributed by atoms with Crippen LogP contribution in [0.25, 0.3) is 0 Å². The van der Waals surface area contributed by atoms with E-state index in [1.54, 1.807) is 33.8 Å². The van der Waals surface area contributed by atoms with E-state index >= 15 is 0 Å². The van der Waals surface area contributed by atoms with Gasteiger partial charge in [-0.05, 0) is 85.3 Å². The minimum Gasteiger partial charge on any atom is -0.445 e. The van der Waals surface area contributed by atoms with Crippen molar-refractivity contribution in [2.24, 2.45) is 0 Å². The van der Waals surface area contributed by atoms with Crippen LogP contribution in [0.1, 0.15) is 68.8 Å². The molecule has 2 amide bonds. The molecule has 0 aliphatic carbocycles. The number of aromatic nitrogens is 4. The van der Waals surface area contributed by atoms with E-state index < -0.39 is 24.1 Å². The fraction of sp³-hybridized carbons (Fsp3) is 0.400. The summed E-state index contributed by atoms with van der Waals surface area (Å²) in [5, 5.41) is 18.6. The van der Waals surface area contributed by atoms with Crippen LogP contribution in [0.15, 0.2) is 48.5 Å². The summed E-state index contributed by atoms with van der Waals surface area (Å²) in [5.41, 5.74) is 4.71. The molecule has 1 unspecified atom stereocenters. The Morgan fingerprint density at radius 1 is 0.788 bits per heavy atom. The number of carbonyl (C=O) groups is 3. The molecule has 0 saturated heterocycles. The van der Waals surface area contributed by atoms with E-state index in [2.05, 4.69) is 10.2 Å². The van der Waals surface area contributed by atoms with Gasteiger partial charge in [0.2, 0.25) is 0 Å². The SMILES string of the molecule is Cc1cc(Cl)cc(COC(=O)N2CCCn3nc(C(O)C(F)(F)F)cc3C2)c1.Cc1cc(Cl)cc(COC(=O)N2CCCn3nc(C=O)cc3C2)c1. The first-order valence-electron chi connectivity index (χ1n) is 16.4. The lowest BCUT2D eigenvalue weighted by Gasteiger charge is -2.19. The molecule has 0 fully saturated rings. The second kappa shape index (κ2) is 16.8. The van der Waals surface area contributed by atoms with Gasteiger partial charge < -0.3 is 24.4 Å². The summed E-state index contributed by atoms with van der Waals surface area (Å²) >= 11 is 12.0. The summed E-state index contributed by atoms with van der Waals surface area (Å²) in [4.78, 5) is 38.7. The smallest absolute Gasteiger partial charge is 0.420 e. The van der Waals surface area contributed by atoms with Gasteiger partial charge >= 0.3 is 18.4 Å². The Morgan fingerprint density at radius 2 is 1.27 bits per heavy atom. The molecule has 6 rings (SSSR count). The van der Waals surface area contributed by atoms with Crippen molar-refractivity contribution in [3.8, 4) is 0 Å². The number of rotatable bonds is 6. The third kappa shape index (κ3) is 10.3. The molecule has 1 N–H and O–H groups in total. The van der Waals surface area contributed by atoms with Crippen molar-refractivity contribution < 1.29 is 42.1 Å². The topological polar surface area (TPSA) is 132 Å². The first-order valence-corrected chi connectivity index (χ1v) is 17.1. The Balaban J connectivity index is 0.000000203. The molecule has 0 radical (unpaired) electrons. The average molecular weight is 766 g/mol.